The first-order valence-corrected chi connectivity index (χ1v) is 7.71. The molecule has 148 valence electrons. The number of carbonyl (C=O) groups is 5. The highest BCUT2D eigenvalue weighted by molar-refractivity contribution is 5.94. The fourth-order valence-electron chi connectivity index (χ4n) is 2.02. The van der Waals surface area contributed by atoms with E-state index in [1.165, 1.54) is 12.5 Å². The number of rotatable bonds is 11. The van der Waals surface area contributed by atoms with Gasteiger partial charge in [-0.3, -0.25) is 24.0 Å². The Morgan fingerprint density at radius 2 is 1.78 bits per heavy atom. The number of hydrogen-bond donors (Lipinski definition) is 7. The lowest BCUT2D eigenvalue weighted by Gasteiger charge is -2.21. The van der Waals surface area contributed by atoms with E-state index in [-0.39, 0.29) is 6.42 Å². The Balaban J connectivity index is 2.89. The maximum Gasteiger partial charge on any atom is 0.322 e. The molecule has 1 heterocycles. The van der Waals surface area contributed by atoms with E-state index in [9.17, 15) is 24.0 Å². The summed E-state index contributed by atoms with van der Waals surface area (Å²) >= 11 is 0. The van der Waals surface area contributed by atoms with Crippen molar-refractivity contribution in [1.29, 1.82) is 0 Å². The van der Waals surface area contributed by atoms with Gasteiger partial charge in [-0.05, 0) is 0 Å². The van der Waals surface area contributed by atoms with E-state index in [1.54, 1.807) is 0 Å². The van der Waals surface area contributed by atoms with Crippen LogP contribution in [0.3, 0.4) is 0 Å². The molecule has 1 rings (SSSR count). The van der Waals surface area contributed by atoms with Crippen molar-refractivity contribution in [3.63, 3.8) is 0 Å². The van der Waals surface area contributed by atoms with Crippen LogP contribution in [-0.2, 0) is 30.4 Å². The molecule has 0 spiro atoms. The van der Waals surface area contributed by atoms with Crippen molar-refractivity contribution < 1.29 is 34.2 Å². The second-order valence-electron chi connectivity index (χ2n) is 5.38. The van der Waals surface area contributed by atoms with Crippen molar-refractivity contribution in [3.05, 3.63) is 18.2 Å². The number of nitrogens with two attached hydrogens (primary N) is 1. The van der Waals surface area contributed by atoms with Crippen LogP contribution < -0.4 is 21.7 Å². The molecule has 27 heavy (non-hydrogen) atoms. The van der Waals surface area contributed by atoms with Gasteiger partial charge in [-0.15, -0.1) is 0 Å². The molecule has 0 radical (unpaired) electrons. The zero-order chi connectivity index (χ0) is 20.4. The molecule has 1 aromatic heterocycles. The van der Waals surface area contributed by atoms with Crippen molar-refractivity contribution >= 4 is 29.7 Å². The minimum absolute atomic E-state index is 0.0676. The number of nitrogens with one attached hydrogen (secondary N) is 4. The van der Waals surface area contributed by atoms with Gasteiger partial charge in [0.2, 0.25) is 17.7 Å². The third kappa shape index (κ3) is 7.96. The van der Waals surface area contributed by atoms with Crippen molar-refractivity contribution in [2.75, 3.05) is 13.1 Å². The summed E-state index contributed by atoms with van der Waals surface area (Å²) in [5, 5.41) is 24.1. The number of hydrogen-bond acceptors (Lipinski definition) is 7. The Labute approximate surface area is 152 Å². The number of carboxylic acids is 2. The smallest absolute Gasteiger partial charge is 0.322 e. The van der Waals surface area contributed by atoms with E-state index < -0.39 is 61.3 Å². The van der Waals surface area contributed by atoms with Crippen LogP contribution >= 0.6 is 0 Å². The second kappa shape index (κ2) is 10.5. The van der Waals surface area contributed by atoms with Gasteiger partial charge in [0, 0.05) is 18.3 Å². The number of imidazole rings is 1. The molecule has 2 atom stereocenters. The Morgan fingerprint density at radius 3 is 2.30 bits per heavy atom. The molecule has 0 saturated carbocycles. The van der Waals surface area contributed by atoms with E-state index in [0.29, 0.717) is 5.69 Å². The van der Waals surface area contributed by atoms with Crippen molar-refractivity contribution in [2.24, 2.45) is 5.73 Å². The topological polar surface area (TPSA) is 217 Å². The lowest BCUT2D eigenvalue weighted by molar-refractivity contribution is -0.141. The summed E-state index contributed by atoms with van der Waals surface area (Å²) in [6.45, 7) is -1.13. The Hall–Kier alpha value is -3.48. The molecule has 8 N–H and O–H groups in total. The summed E-state index contributed by atoms with van der Waals surface area (Å²) < 4.78 is 0. The zero-order valence-electron chi connectivity index (χ0n) is 14.1. The maximum atomic E-state index is 12.4. The van der Waals surface area contributed by atoms with Crippen LogP contribution in [-0.4, -0.2) is 75.0 Å². The van der Waals surface area contributed by atoms with Crippen LogP contribution in [0.4, 0.5) is 0 Å². The van der Waals surface area contributed by atoms with Crippen molar-refractivity contribution in [2.45, 2.75) is 24.9 Å². The van der Waals surface area contributed by atoms with Gasteiger partial charge in [0.05, 0.1) is 19.3 Å². The van der Waals surface area contributed by atoms with Crippen LogP contribution in [0, 0.1) is 0 Å². The van der Waals surface area contributed by atoms with E-state index in [1.807, 2.05) is 0 Å². The molecule has 0 aliphatic heterocycles. The SMILES string of the molecule is NCC(=O)NC(CC(=O)O)C(=O)NC(Cc1cnc[nH]1)C(=O)NCC(=O)O. The molecule has 1 aromatic rings. The molecular weight excluding hydrogens is 364 g/mol. The predicted molar refractivity (Wildman–Crippen MR) is 88.1 cm³/mol. The van der Waals surface area contributed by atoms with Gasteiger partial charge in [0.1, 0.15) is 18.6 Å². The first-order valence-electron chi connectivity index (χ1n) is 7.71. The van der Waals surface area contributed by atoms with Crippen molar-refractivity contribution in [1.82, 2.24) is 25.9 Å². The number of carboxylic acid groups (broad SMARTS) is 2. The van der Waals surface area contributed by atoms with Crippen LogP contribution in [0.15, 0.2) is 12.5 Å². The zero-order valence-corrected chi connectivity index (χ0v) is 14.1. The van der Waals surface area contributed by atoms with Crippen LogP contribution in [0.1, 0.15) is 12.1 Å². The summed E-state index contributed by atoms with van der Waals surface area (Å²) in [7, 11) is 0. The fourth-order valence-corrected chi connectivity index (χ4v) is 2.02. The lowest BCUT2D eigenvalue weighted by Crippen LogP contribution is -2.55. The third-order valence-electron chi connectivity index (χ3n) is 3.24. The molecule has 0 aliphatic rings. The van der Waals surface area contributed by atoms with Crippen LogP contribution in [0.2, 0.25) is 0 Å². The first kappa shape index (κ1) is 21.6. The Morgan fingerprint density at radius 1 is 1.07 bits per heavy atom. The van der Waals surface area contributed by atoms with Gasteiger partial charge >= 0.3 is 11.9 Å². The summed E-state index contributed by atoms with van der Waals surface area (Å²) in [4.78, 5) is 64.0. The van der Waals surface area contributed by atoms with E-state index in [4.69, 9.17) is 15.9 Å². The number of carbonyl (C=O) groups excluding carboxylic acids is 3. The van der Waals surface area contributed by atoms with Crippen LogP contribution in [0.5, 0.6) is 0 Å². The molecule has 13 heteroatoms. The predicted octanol–water partition coefficient (Wildman–Crippen LogP) is -3.44. The standard InChI is InChI=1S/C14H20N6O7/c15-3-10(21)19-9(2-11(22)23)14(27)20-8(1-7-4-16-6-18-7)13(26)17-5-12(24)25/h4,6,8-9H,1-3,5,15H2,(H,16,18)(H,17,26)(H,19,21)(H,20,27)(H,22,23)(H,24,25). The highest BCUT2D eigenvalue weighted by atomic mass is 16.4. The first-order chi connectivity index (χ1) is 12.7. The average molecular weight is 384 g/mol. The molecule has 2 unspecified atom stereocenters. The fraction of sp³-hybridized carbons (Fsp3) is 0.429. The van der Waals surface area contributed by atoms with E-state index in [2.05, 4.69) is 25.9 Å². The van der Waals surface area contributed by atoms with Crippen LogP contribution in [0.25, 0.3) is 0 Å². The number of nitrogens with zero attached hydrogens (tertiary/aromatic N) is 1. The largest absolute Gasteiger partial charge is 0.481 e. The third-order valence-corrected chi connectivity index (χ3v) is 3.24. The van der Waals surface area contributed by atoms with Gasteiger partial charge < -0.3 is 36.9 Å². The number of amides is 3. The number of aliphatic carboxylic acids is 2. The normalized spacial score (nSPS) is 12.5. The highest BCUT2D eigenvalue weighted by Crippen LogP contribution is 2.01. The maximum absolute atomic E-state index is 12.4. The summed E-state index contributed by atoms with van der Waals surface area (Å²) in [5.41, 5.74) is 5.60. The molecular formula is C14H20N6O7. The summed E-state index contributed by atoms with van der Waals surface area (Å²) in [5.74, 6) is -5.13. The monoisotopic (exact) mass is 384 g/mol. The molecule has 0 bridgehead atoms. The summed E-state index contributed by atoms with van der Waals surface area (Å²) in [6, 6.07) is -2.70. The number of aromatic nitrogens is 2. The summed E-state index contributed by atoms with van der Waals surface area (Å²) in [6.07, 6.45) is 1.94. The van der Waals surface area contributed by atoms with Gasteiger partial charge in [-0.1, -0.05) is 0 Å². The molecule has 0 saturated heterocycles. The molecule has 0 fully saturated rings. The highest BCUT2D eigenvalue weighted by Gasteiger charge is 2.28. The quantitative estimate of drug-likeness (QED) is 0.201. The lowest BCUT2D eigenvalue weighted by atomic mass is 10.1. The Bertz CT molecular complexity index is 690. The molecule has 0 aromatic carbocycles. The van der Waals surface area contributed by atoms with Crippen molar-refractivity contribution in [3.8, 4) is 0 Å². The molecule has 13 nitrogen and oxygen atoms in total. The molecule has 0 aliphatic carbocycles. The van der Waals surface area contributed by atoms with Gasteiger partial charge in [0.15, 0.2) is 0 Å². The second-order valence-corrected chi connectivity index (χ2v) is 5.38. The minimum Gasteiger partial charge on any atom is -0.481 e. The average Bonchev–Trinajstić information content (AvgIpc) is 3.10. The Kier molecular flexibility index (Phi) is 8.38. The van der Waals surface area contributed by atoms with Gasteiger partial charge in [-0.25, -0.2) is 4.98 Å². The molecule has 3 amide bonds. The minimum atomic E-state index is -1.46. The van der Waals surface area contributed by atoms with Gasteiger partial charge in [0.25, 0.3) is 0 Å². The number of H-pyrrole nitrogens is 1. The van der Waals surface area contributed by atoms with E-state index >= 15 is 0 Å². The number of aromatic amines is 1. The van der Waals surface area contributed by atoms with E-state index in [0.717, 1.165) is 0 Å². The van der Waals surface area contributed by atoms with Gasteiger partial charge in [-0.2, -0.15) is 0 Å².